The lowest BCUT2D eigenvalue weighted by Crippen LogP contribution is -2.48. The van der Waals surface area contributed by atoms with Crippen LogP contribution in [0.25, 0.3) is 0 Å². The van der Waals surface area contributed by atoms with E-state index in [0.717, 1.165) is 11.3 Å². The van der Waals surface area contributed by atoms with Crippen LogP contribution in [0.1, 0.15) is 39.1 Å². The first-order chi connectivity index (χ1) is 13.4. The van der Waals surface area contributed by atoms with E-state index in [1.54, 1.807) is 12.1 Å². The summed E-state index contributed by atoms with van der Waals surface area (Å²) in [6.07, 6.45) is 0.469. The van der Waals surface area contributed by atoms with Gasteiger partial charge in [-0.15, -0.1) is 0 Å². The van der Waals surface area contributed by atoms with Crippen LogP contribution in [0.4, 0.5) is 5.69 Å². The standard InChI is InChI=1S/C22H25N3O3/c1-16-2-4-17(5-3-16)20(26)10-11-21(27)25-14-12-24(13-15-25)19-8-6-18(7-9-19)22(23)28/h2-9H,10-15H2,1H3,(H2,23,28). The predicted molar refractivity (Wildman–Crippen MR) is 108 cm³/mol. The highest BCUT2D eigenvalue weighted by molar-refractivity contribution is 5.98. The van der Waals surface area contributed by atoms with E-state index in [9.17, 15) is 14.4 Å². The van der Waals surface area contributed by atoms with Crippen molar-refractivity contribution < 1.29 is 14.4 Å². The average molecular weight is 379 g/mol. The number of primary amides is 1. The lowest BCUT2D eigenvalue weighted by Gasteiger charge is -2.36. The van der Waals surface area contributed by atoms with Crippen molar-refractivity contribution >= 4 is 23.3 Å². The van der Waals surface area contributed by atoms with E-state index in [1.165, 1.54) is 0 Å². The molecule has 0 bridgehead atoms. The molecule has 2 aromatic rings. The Hall–Kier alpha value is -3.15. The van der Waals surface area contributed by atoms with Gasteiger partial charge in [0.05, 0.1) is 0 Å². The Bertz CT molecular complexity index is 852. The Kier molecular flexibility index (Phi) is 6.09. The molecule has 0 unspecified atom stereocenters. The Labute approximate surface area is 164 Å². The second-order valence-corrected chi connectivity index (χ2v) is 7.07. The molecule has 0 radical (unpaired) electrons. The van der Waals surface area contributed by atoms with Crippen LogP contribution in [-0.4, -0.2) is 48.7 Å². The van der Waals surface area contributed by atoms with Gasteiger partial charge in [-0.2, -0.15) is 0 Å². The summed E-state index contributed by atoms with van der Waals surface area (Å²) in [6.45, 7) is 4.65. The number of benzene rings is 2. The summed E-state index contributed by atoms with van der Waals surface area (Å²) >= 11 is 0. The minimum Gasteiger partial charge on any atom is -0.368 e. The van der Waals surface area contributed by atoms with Gasteiger partial charge in [0.2, 0.25) is 11.8 Å². The number of Topliss-reactive ketones (excluding diaryl/α,β-unsaturated/α-hetero) is 1. The first-order valence-electron chi connectivity index (χ1n) is 9.46. The van der Waals surface area contributed by atoms with Gasteiger partial charge in [-0.05, 0) is 31.2 Å². The number of carbonyl (C=O) groups excluding carboxylic acids is 3. The summed E-state index contributed by atoms with van der Waals surface area (Å²) in [4.78, 5) is 39.8. The summed E-state index contributed by atoms with van der Waals surface area (Å²) in [5.41, 5.74) is 8.52. The van der Waals surface area contributed by atoms with Crippen molar-refractivity contribution in [1.82, 2.24) is 4.90 Å². The number of amides is 2. The summed E-state index contributed by atoms with van der Waals surface area (Å²) < 4.78 is 0. The largest absolute Gasteiger partial charge is 0.368 e. The molecule has 6 nitrogen and oxygen atoms in total. The zero-order valence-corrected chi connectivity index (χ0v) is 16.1. The molecule has 6 heteroatoms. The smallest absolute Gasteiger partial charge is 0.248 e. The highest BCUT2D eigenvalue weighted by atomic mass is 16.2. The van der Waals surface area contributed by atoms with Crippen LogP contribution < -0.4 is 10.6 Å². The number of rotatable bonds is 6. The highest BCUT2D eigenvalue weighted by Gasteiger charge is 2.22. The number of carbonyl (C=O) groups is 3. The van der Waals surface area contributed by atoms with E-state index in [2.05, 4.69) is 4.90 Å². The summed E-state index contributed by atoms with van der Waals surface area (Å²) in [5.74, 6) is -0.423. The van der Waals surface area contributed by atoms with Gasteiger partial charge in [0.15, 0.2) is 5.78 Å². The Morgan fingerprint density at radius 1 is 0.821 bits per heavy atom. The van der Waals surface area contributed by atoms with Gasteiger partial charge in [0.1, 0.15) is 0 Å². The minimum absolute atomic E-state index is 0.00141. The summed E-state index contributed by atoms with van der Waals surface area (Å²) in [6, 6.07) is 14.6. The first kappa shape index (κ1) is 19.6. The van der Waals surface area contributed by atoms with Gasteiger partial charge in [-0.1, -0.05) is 29.8 Å². The summed E-state index contributed by atoms with van der Waals surface area (Å²) in [7, 11) is 0. The van der Waals surface area contributed by atoms with Gasteiger partial charge >= 0.3 is 0 Å². The number of aryl methyl sites for hydroxylation is 1. The molecule has 0 atom stereocenters. The maximum absolute atomic E-state index is 12.5. The molecule has 0 spiro atoms. The minimum atomic E-state index is -0.442. The monoisotopic (exact) mass is 379 g/mol. The number of nitrogens with two attached hydrogens (primary N) is 1. The molecule has 1 saturated heterocycles. The third-order valence-corrected chi connectivity index (χ3v) is 5.09. The fourth-order valence-electron chi connectivity index (χ4n) is 3.31. The van der Waals surface area contributed by atoms with Gasteiger partial charge < -0.3 is 15.5 Å². The van der Waals surface area contributed by atoms with E-state index in [-0.39, 0.29) is 24.5 Å². The number of anilines is 1. The van der Waals surface area contributed by atoms with Crippen molar-refractivity contribution in [3.05, 3.63) is 65.2 Å². The molecule has 146 valence electrons. The summed E-state index contributed by atoms with van der Waals surface area (Å²) in [5, 5.41) is 0. The molecule has 28 heavy (non-hydrogen) atoms. The molecule has 0 aliphatic carbocycles. The van der Waals surface area contributed by atoms with Crippen LogP contribution in [0.3, 0.4) is 0 Å². The number of hydrogen-bond acceptors (Lipinski definition) is 4. The van der Waals surface area contributed by atoms with Crippen LogP contribution in [0.5, 0.6) is 0 Å². The van der Waals surface area contributed by atoms with Gasteiger partial charge in [0, 0.05) is 55.8 Å². The molecule has 1 aliphatic heterocycles. The van der Waals surface area contributed by atoms with Crippen LogP contribution >= 0.6 is 0 Å². The molecule has 1 fully saturated rings. The van der Waals surface area contributed by atoms with Crippen molar-refractivity contribution in [2.75, 3.05) is 31.1 Å². The van der Waals surface area contributed by atoms with Crippen LogP contribution in [0.15, 0.2) is 48.5 Å². The molecule has 1 aliphatic rings. The maximum Gasteiger partial charge on any atom is 0.248 e. The van der Waals surface area contributed by atoms with E-state index < -0.39 is 5.91 Å². The maximum atomic E-state index is 12.5. The van der Waals surface area contributed by atoms with Crippen molar-refractivity contribution in [2.45, 2.75) is 19.8 Å². The second kappa shape index (κ2) is 8.69. The molecule has 0 aromatic heterocycles. The predicted octanol–water partition coefficient (Wildman–Crippen LogP) is 2.41. The Morgan fingerprint density at radius 2 is 1.39 bits per heavy atom. The van der Waals surface area contributed by atoms with E-state index in [1.807, 2.05) is 48.2 Å². The Morgan fingerprint density at radius 3 is 1.96 bits per heavy atom. The number of nitrogens with zero attached hydrogens (tertiary/aromatic N) is 2. The van der Waals surface area contributed by atoms with Crippen LogP contribution in [0.2, 0.25) is 0 Å². The molecule has 2 N–H and O–H groups in total. The van der Waals surface area contributed by atoms with Crippen LogP contribution in [0, 0.1) is 6.92 Å². The molecular formula is C22H25N3O3. The third kappa shape index (κ3) is 4.76. The van der Waals surface area contributed by atoms with Crippen LogP contribution in [-0.2, 0) is 4.79 Å². The van der Waals surface area contributed by atoms with Gasteiger partial charge in [0.25, 0.3) is 0 Å². The first-order valence-corrected chi connectivity index (χ1v) is 9.46. The SMILES string of the molecule is Cc1ccc(C(=O)CCC(=O)N2CCN(c3ccc(C(N)=O)cc3)CC2)cc1. The molecular weight excluding hydrogens is 354 g/mol. The van der Waals surface area contributed by atoms with Crippen molar-refractivity contribution in [3.63, 3.8) is 0 Å². The fraction of sp³-hybridized carbons (Fsp3) is 0.318. The number of ketones is 1. The van der Waals surface area contributed by atoms with Crippen molar-refractivity contribution in [3.8, 4) is 0 Å². The molecule has 2 amide bonds. The topological polar surface area (TPSA) is 83.7 Å². The zero-order chi connectivity index (χ0) is 20.1. The number of hydrogen-bond donors (Lipinski definition) is 1. The third-order valence-electron chi connectivity index (χ3n) is 5.09. The van der Waals surface area contributed by atoms with E-state index >= 15 is 0 Å². The molecule has 2 aromatic carbocycles. The van der Waals surface area contributed by atoms with Gasteiger partial charge in [-0.25, -0.2) is 0 Å². The van der Waals surface area contributed by atoms with Gasteiger partial charge in [-0.3, -0.25) is 14.4 Å². The Balaban J connectivity index is 1.47. The average Bonchev–Trinajstić information content (AvgIpc) is 2.72. The van der Waals surface area contributed by atoms with Crippen molar-refractivity contribution in [2.24, 2.45) is 5.73 Å². The highest BCUT2D eigenvalue weighted by Crippen LogP contribution is 2.18. The normalized spacial score (nSPS) is 14.0. The quantitative estimate of drug-likeness (QED) is 0.781. The lowest BCUT2D eigenvalue weighted by molar-refractivity contribution is -0.131. The second-order valence-electron chi connectivity index (χ2n) is 7.07. The van der Waals surface area contributed by atoms with E-state index in [0.29, 0.717) is 37.3 Å². The lowest BCUT2D eigenvalue weighted by atomic mass is 10.0. The van der Waals surface area contributed by atoms with Crippen molar-refractivity contribution in [1.29, 1.82) is 0 Å². The number of piperazine rings is 1. The zero-order valence-electron chi connectivity index (χ0n) is 16.1. The van der Waals surface area contributed by atoms with E-state index in [4.69, 9.17) is 5.73 Å². The molecule has 1 heterocycles. The fourth-order valence-corrected chi connectivity index (χ4v) is 3.31. The molecule has 3 rings (SSSR count). The molecule has 0 saturated carbocycles.